The van der Waals surface area contributed by atoms with Crippen LogP contribution in [0, 0.1) is 11.8 Å². The minimum atomic E-state index is -0.667. The largest absolute Gasteiger partial charge is 0.341 e. The average Bonchev–Trinajstić information content (AvgIpc) is 3.28. The van der Waals surface area contributed by atoms with Gasteiger partial charge in [0.25, 0.3) is 0 Å². The van der Waals surface area contributed by atoms with Crippen LogP contribution in [-0.4, -0.2) is 51.9 Å². The third kappa shape index (κ3) is 6.36. The predicted octanol–water partition coefficient (Wildman–Crippen LogP) is 5.67. The number of amides is 1. The first-order valence-electron chi connectivity index (χ1n) is 13.8. The van der Waals surface area contributed by atoms with E-state index in [2.05, 4.69) is 9.72 Å². The second-order valence-electron chi connectivity index (χ2n) is 9.97. The minimum absolute atomic E-state index is 0.0145. The van der Waals surface area contributed by atoms with Crippen molar-refractivity contribution in [2.45, 2.75) is 47.6 Å². The molecular weight excluding hydrogens is 522 g/mol. The third-order valence-electron chi connectivity index (χ3n) is 7.18. The van der Waals surface area contributed by atoms with E-state index in [4.69, 9.17) is 9.68 Å². The Labute approximate surface area is 239 Å². The van der Waals surface area contributed by atoms with Crippen molar-refractivity contribution in [2.24, 2.45) is 17.0 Å². The summed E-state index contributed by atoms with van der Waals surface area (Å²) in [4.78, 5) is 60.6. The van der Waals surface area contributed by atoms with E-state index < -0.39 is 11.8 Å². The summed E-state index contributed by atoms with van der Waals surface area (Å²) in [5.74, 6) is -1.52. The standard InChI is InChI=1S/C32H35N3O6/c1-6-34-29-14-12-23(31(38)25-11-9-8-10-20(25)3)18-26(29)27-19-24(13-15-30(27)34)32(39)28(33-41-22(5)37)16-17-35(21(4)36)40-7-2/h8-15,18-20,25H,6-7,16-17H2,1-5H3/b33-28+. The van der Waals surface area contributed by atoms with Crippen LogP contribution in [0.2, 0.25) is 0 Å². The van der Waals surface area contributed by atoms with E-state index in [0.717, 1.165) is 26.9 Å². The molecule has 9 heteroatoms. The number of hydrogen-bond acceptors (Lipinski definition) is 7. The molecule has 0 saturated carbocycles. The molecule has 41 heavy (non-hydrogen) atoms. The number of benzene rings is 2. The number of aromatic nitrogens is 1. The molecule has 0 fully saturated rings. The molecular formula is C32H35N3O6. The number of fused-ring (bicyclic) bond motifs is 3. The highest BCUT2D eigenvalue weighted by atomic mass is 16.7. The van der Waals surface area contributed by atoms with Crippen LogP contribution in [0.25, 0.3) is 21.8 Å². The number of hydrogen-bond donors (Lipinski definition) is 0. The van der Waals surface area contributed by atoms with Gasteiger partial charge in [-0.05, 0) is 56.2 Å². The van der Waals surface area contributed by atoms with E-state index in [-0.39, 0.29) is 48.8 Å². The van der Waals surface area contributed by atoms with Gasteiger partial charge in [0, 0.05) is 65.7 Å². The van der Waals surface area contributed by atoms with E-state index >= 15 is 0 Å². The van der Waals surface area contributed by atoms with E-state index in [1.807, 2.05) is 62.4 Å². The zero-order valence-electron chi connectivity index (χ0n) is 24.0. The second-order valence-corrected chi connectivity index (χ2v) is 9.97. The van der Waals surface area contributed by atoms with E-state index in [9.17, 15) is 19.2 Å². The van der Waals surface area contributed by atoms with Gasteiger partial charge in [-0.3, -0.25) is 19.2 Å². The molecule has 1 aliphatic carbocycles. The Bertz CT molecular complexity index is 1600. The molecule has 0 aliphatic heterocycles. The lowest BCUT2D eigenvalue weighted by atomic mass is 9.84. The molecule has 2 atom stereocenters. The molecule has 1 aromatic heterocycles. The van der Waals surface area contributed by atoms with E-state index in [1.165, 1.54) is 13.8 Å². The van der Waals surface area contributed by atoms with Crippen LogP contribution in [-0.2, 0) is 25.8 Å². The molecule has 1 aliphatic rings. The summed E-state index contributed by atoms with van der Waals surface area (Å²) in [6.45, 7) is 9.41. The first kappa shape index (κ1) is 29.6. The van der Waals surface area contributed by atoms with Crippen molar-refractivity contribution >= 4 is 51.0 Å². The van der Waals surface area contributed by atoms with Gasteiger partial charge in [0.15, 0.2) is 5.78 Å². The number of aryl methyl sites for hydroxylation is 1. The first-order chi connectivity index (χ1) is 19.7. The Morgan fingerprint density at radius 1 is 0.927 bits per heavy atom. The Kier molecular flexibility index (Phi) is 9.29. The molecule has 0 saturated heterocycles. The number of ketones is 2. The molecule has 2 aromatic carbocycles. The maximum Gasteiger partial charge on any atom is 0.331 e. The summed E-state index contributed by atoms with van der Waals surface area (Å²) in [5, 5.41) is 6.64. The van der Waals surface area contributed by atoms with Crippen LogP contribution in [0.5, 0.6) is 0 Å². The topological polar surface area (TPSA) is 107 Å². The summed E-state index contributed by atoms with van der Waals surface area (Å²) in [6.07, 6.45) is 7.84. The second kappa shape index (κ2) is 12.9. The highest BCUT2D eigenvalue weighted by molar-refractivity contribution is 6.46. The number of oxime groups is 1. The zero-order chi connectivity index (χ0) is 29.7. The van der Waals surface area contributed by atoms with Gasteiger partial charge in [-0.1, -0.05) is 36.4 Å². The van der Waals surface area contributed by atoms with Crippen LogP contribution >= 0.6 is 0 Å². The fraction of sp³-hybridized carbons (Fsp3) is 0.344. The van der Waals surface area contributed by atoms with Crippen LogP contribution < -0.4 is 0 Å². The van der Waals surface area contributed by atoms with Crippen LogP contribution in [0.1, 0.15) is 61.8 Å². The molecule has 214 valence electrons. The lowest BCUT2D eigenvalue weighted by molar-refractivity contribution is -0.181. The number of hydroxylamine groups is 2. The van der Waals surface area contributed by atoms with E-state index in [1.54, 1.807) is 19.1 Å². The van der Waals surface area contributed by atoms with Crippen molar-refractivity contribution in [3.05, 3.63) is 71.8 Å². The summed E-state index contributed by atoms with van der Waals surface area (Å²) in [5.41, 5.74) is 2.81. The van der Waals surface area contributed by atoms with Gasteiger partial charge < -0.3 is 9.40 Å². The summed E-state index contributed by atoms with van der Waals surface area (Å²) >= 11 is 0. The molecule has 3 aromatic rings. The van der Waals surface area contributed by atoms with Gasteiger partial charge >= 0.3 is 5.97 Å². The Hall–Kier alpha value is -4.37. The summed E-state index contributed by atoms with van der Waals surface area (Å²) < 4.78 is 2.14. The van der Waals surface area contributed by atoms with Crippen LogP contribution in [0.4, 0.5) is 0 Å². The number of carbonyl (C=O) groups excluding carboxylic acids is 4. The number of allylic oxidation sites excluding steroid dienone is 4. The molecule has 1 heterocycles. The normalized spacial score (nSPS) is 16.8. The Balaban J connectivity index is 1.74. The van der Waals surface area contributed by atoms with Crippen molar-refractivity contribution < 1.29 is 28.9 Å². The van der Waals surface area contributed by atoms with Gasteiger partial charge in [0.05, 0.1) is 13.2 Å². The fourth-order valence-electron chi connectivity index (χ4n) is 5.14. The first-order valence-corrected chi connectivity index (χ1v) is 13.8. The molecule has 0 spiro atoms. The number of rotatable bonds is 11. The number of carbonyl (C=O) groups is 4. The number of nitrogens with zero attached hydrogens (tertiary/aromatic N) is 3. The zero-order valence-corrected chi connectivity index (χ0v) is 24.0. The molecule has 0 N–H and O–H groups in total. The fourth-order valence-corrected chi connectivity index (χ4v) is 5.14. The quantitative estimate of drug-likeness (QED) is 0.130. The van der Waals surface area contributed by atoms with Gasteiger partial charge in [-0.2, -0.15) is 0 Å². The highest BCUT2D eigenvalue weighted by Gasteiger charge is 2.25. The molecule has 4 rings (SSSR count). The predicted molar refractivity (Wildman–Crippen MR) is 158 cm³/mol. The maximum atomic E-state index is 13.6. The van der Waals surface area contributed by atoms with Gasteiger partial charge in [-0.15, -0.1) is 0 Å². The monoisotopic (exact) mass is 557 g/mol. The molecule has 1 amide bonds. The Morgan fingerprint density at radius 3 is 2.15 bits per heavy atom. The van der Waals surface area contributed by atoms with Crippen molar-refractivity contribution in [1.29, 1.82) is 0 Å². The van der Waals surface area contributed by atoms with E-state index in [0.29, 0.717) is 17.7 Å². The van der Waals surface area contributed by atoms with Gasteiger partial charge in [0.2, 0.25) is 11.7 Å². The number of Topliss-reactive ketones (excluding diaryl/α,β-unsaturated/α-hetero) is 2. The van der Waals surface area contributed by atoms with Crippen molar-refractivity contribution in [1.82, 2.24) is 9.63 Å². The van der Waals surface area contributed by atoms with Gasteiger partial charge in [-0.25, -0.2) is 9.86 Å². The maximum absolute atomic E-state index is 13.6. The highest BCUT2D eigenvalue weighted by Crippen LogP contribution is 2.32. The van der Waals surface area contributed by atoms with Crippen molar-refractivity contribution in [3.63, 3.8) is 0 Å². The Morgan fingerprint density at radius 2 is 1.56 bits per heavy atom. The van der Waals surface area contributed by atoms with Crippen LogP contribution in [0.15, 0.2) is 65.9 Å². The lowest BCUT2D eigenvalue weighted by Crippen LogP contribution is -2.32. The van der Waals surface area contributed by atoms with Crippen molar-refractivity contribution in [2.75, 3.05) is 13.2 Å². The molecule has 0 radical (unpaired) electrons. The molecule has 2 unspecified atom stereocenters. The summed E-state index contributed by atoms with van der Waals surface area (Å²) in [6, 6.07) is 11.1. The summed E-state index contributed by atoms with van der Waals surface area (Å²) in [7, 11) is 0. The third-order valence-corrected chi connectivity index (χ3v) is 7.18. The lowest BCUT2D eigenvalue weighted by Gasteiger charge is -2.19. The average molecular weight is 558 g/mol. The van der Waals surface area contributed by atoms with Gasteiger partial charge in [0.1, 0.15) is 5.71 Å². The molecule has 9 nitrogen and oxygen atoms in total. The van der Waals surface area contributed by atoms with Crippen molar-refractivity contribution in [3.8, 4) is 0 Å². The molecule has 0 bridgehead atoms. The smallest absolute Gasteiger partial charge is 0.331 e. The SMILES string of the molecule is CCON(CC/C(=N\OC(C)=O)C(=O)c1ccc2c(c1)c1cc(C(=O)C3C=CC=CC3C)ccc1n2CC)C(C)=O. The van der Waals surface area contributed by atoms with Crippen LogP contribution in [0.3, 0.4) is 0 Å². The minimum Gasteiger partial charge on any atom is -0.341 e.